The lowest BCUT2D eigenvalue weighted by Gasteiger charge is -2.23. The van der Waals surface area contributed by atoms with Crippen LogP contribution in [0.2, 0.25) is 0 Å². The van der Waals surface area contributed by atoms with E-state index in [9.17, 15) is 9.59 Å². The van der Waals surface area contributed by atoms with Gasteiger partial charge in [-0.15, -0.1) is 5.73 Å². The summed E-state index contributed by atoms with van der Waals surface area (Å²) >= 11 is 0. The fraction of sp³-hybridized carbons (Fsp3) is 0.414. The van der Waals surface area contributed by atoms with Crippen LogP contribution >= 0.6 is 0 Å². The molecule has 0 saturated heterocycles. The van der Waals surface area contributed by atoms with Crippen molar-refractivity contribution in [2.45, 2.75) is 66.2 Å². The van der Waals surface area contributed by atoms with Crippen LogP contribution < -0.4 is 0 Å². The maximum absolute atomic E-state index is 13.4. The van der Waals surface area contributed by atoms with Crippen molar-refractivity contribution >= 4 is 17.3 Å². The van der Waals surface area contributed by atoms with Gasteiger partial charge < -0.3 is 4.74 Å². The number of esters is 1. The third-order valence-corrected chi connectivity index (χ3v) is 5.46. The Morgan fingerprint density at radius 1 is 0.844 bits per heavy atom. The van der Waals surface area contributed by atoms with Crippen LogP contribution in [0.5, 0.6) is 0 Å². The molecule has 0 amide bonds. The Kier molecular flexibility index (Phi) is 10.2. The highest BCUT2D eigenvalue weighted by Crippen LogP contribution is 2.32. The highest BCUT2D eigenvalue weighted by Gasteiger charge is 2.31. The normalized spacial score (nSPS) is 10.9. The number of unbranched alkanes of at least 4 members (excludes halogenated alkanes) is 3. The second kappa shape index (κ2) is 12.8. The number of hydrogen-bond acceptors (Lipinski definition) is 3. The van der Waals surface area contributed by atoms with E-state index >= 15 is 0 Å². The predicted molar refractivity (Wildman–Crippen MR) is 131 cm³/mol. The molecule has 0 aliphatic rings. The van der Waals surface area contributed by atoms with E-state index in [1.165, 1.54) is 0 Å². The van der Waals surface area contributed by atoms with Crippen molar-refractivity contribution in [2.24, 2.45) is 5.41 Å². The third kappa shape index (κ3) is 7.66. The quantitative estimate of drug-likeness (QED) is 0.115. The van der Waals surface area contributed by atoms with Crippen molar-refractivity contribution in [1.29, 1.82) is 0 Å². The van der Waals surface area contributed by atoms with Crippen molar-refractivity contribution < 1.29 is 14.3 Å². The number of ether oxygens (including phenoxy) is 1. The second-order valence-electron chi connectivity index (χ2n) is 8.74. The predicted octanol–water partition coefficient (Wildman–Crippen LogP) is 7.43. The molecule has 2 aromatic carbocycles. The van der Waals surface area contributed by atoms with Gasteiger partial charge in [0.2, 0.25) is 0 Å². The molecule has 2 aromatic rings. The summed E-state index contributed by atoms with van der Waals surface area (Å²) in [4.78, 5) is 26.0. The Balaban J connectivity index is 2.55. The lowest BCUT2D eigenvalue weighted by molar-refractivity contribution is -0.153. The number of hydrogen-bond donors (Lipinski definition) is 0. The Morgan fingerprint density at radius 2 is 1.44 bits per heavy atom. The van der Waals surface area contributed by atoms with Crippen LogP contribution in [-0.2, 0) is 9.53 Å². The summed E-state index contributed by atoms with van der Waals surface area (Å²) < 4.78 is 5.30. The molecule has 0 saturated carbocycles. The molecule has 3 heteroatoms. The van der Waals surface area contributed by atoms with Gasteiger partial charge in [-0.3, -0.25) is 9.59 Å². The lowest BCUT2D eigenvalue weighted by atomic mass is 9.83. The number of benzene rings is 2. The van der Waals surface area contributed by atoms with E-state index in [2.05, 4.69) is 12.7 Å². The minimum Gasteiger partial charge on any atom is -0.466 e. The fourth-order valence-electron chi connectivity index (χ4n) is 3.61. The van der Waals surface area contributed by atoms with Crippen molar-refractivity contribution in [2.75, 3.05) is 6.61 Å². The largest absolute Gasteiger partial charge is 0.466 e. The molecule has 2 rings (SSSR count). The van der Waals surface area contributed by atoms with Crippen LogP contribution in [-0.4, -0.2) is 18.4 Å². The summed E-state index contributed by atoms with van der Waals surface area (Å²) in [7, 11) is 0. The molecule has 0 atom stereocenters. The van der Waals surface area contributed by atoms with Gasteiger partial charge in [0, 0.05) is 16.7 Å². The van der Waals surface area contributed by atoms with Gasteiger partial charge in [0.25, 0.3) is 0 Å². The Morgan fingerprint density at radius 3 is 2.00 bits per heavy atom. The van der Waals surface area contributed by atoms with Gasteiger partial charge in [0.1, 0.15) is 0 Å². The molecule has 0 fully saturated rings. The van der Waals surface area contributed by atoms with E-state index in [0.717, 1.165) is 36.8 Å². The molecule has 0 heterocycles. The zero-order valence-electron chi connectivity index (χ0n) is 19.9. The second-order valence-corrected chi connectivity index (χ2v) is 8.74. The maximum Gasteiger partial charge on any atom is 0.311 e. The highest BCUT2D eigenvalue weighted by atomic mass is 16.5. The highest BCUT2D eigenvalue weighted by molar-refractivity contribution is 6.09. The Hall–Kier alpha value is -2.90. The van der Waals surface area contributed by atoms with Gasteiger partial charge in [0.05, 0.1) is 12.0 Å². The molecule has 0 aliphatic heterocycles. The van der Waals surface area contributed by atoms with Crippen LogP contribution in [0.1, 0.15) is 82.1 Å². The number of carbonyl (C=O) groups excluding carboxylic acids is 2. The molecular formula is C29H36O3. The molecular weight excluding hydrogens is 396 g/mol. The SMILES string of the molecule is CCCCCCC(=C=C(CC(C)(C)C(=O)OCC)c1ccccc1)C(=O)c1ccccc1. The molecule has 0 N–H and O–H groups in total. The summed E-state index contributed by atoms with van der Waals surface area (Å²) in [5.74, 6) is -0.237. The van der Waals surface area contributed by atoms with Gasteiger partial charge in [-0.25, -0.2) is 0 Å². The van der Waals surface area contributed by atoms with Crippen molar-refractivity contribution in [1.82, 2.24) is 0 Å². The monoisotopic (exact) mass is 432 g/mol. The van der Waals surface area contributed by atoms with Gasteiger partial charge >= 0.3 is 5.97 Å². The van der Waals surface area contributed by atoms with Crippen LogP contribution in [0.4, 0.5) is 0 Å². The molecule has 3 nitrogen and oxygen atoms in total. The summed E-state index contributed by atoms with van der Waals surface area (Å²) in [6, 6.07) is 19.3. The lowest BCUT2D eigenvalue weighted by Crippen LogP contribution is -2.27. The van der Waals surface area contributed by atoms with E-state index in [-0.39, 0.29) is 11.8 Å². The minimum atomic E-state index is -0.725. The standard InChI is InChI=1S/C29H36O3/c1-5-7-8-11-20-25(27(30)24-18-14-10-15-19-24)21-26(23-16-12-9-13-17-23)22-29(3,4)28(31)32-6-2/h9-10,12-19H,5-8,11,20,22H2,1-4H3. The van der Waals surface area contributed by atoms with Gasteiger partial charge in [-0.1, -0.05) is 86.8 Å². The first-order valence-electron chi connectivity index (χ1n) is 11.7. The van der Waals surface area contributed by atoms with E-state index in [1.807, 2.05) is 81.4 Å². The first kappa shape index (κ1) is 25.4. The van der Waals surface area contributed by atoms with Crippen LogP contribution in [0, 0.1) is 5.41 Å². The number of ketones is 1. The van der Waals surface area contributed by atoms with Crippen LogP contribution in [0.3, 0.4) is 0 Å². The van der Waals surface area contributed by atoms with E-state index < -0.39 is 5.41 Å². The molecule has 0 spiro atoms. The topological polar surface area (TPSA) is 43.4 Å². The number of allylic oxidation sites excluding steroid dienone is 1. The smallest absolute Gasteiger partial charge is 0.311 e. The van der Waals surface area contributed by atoms with Crippen molar-refractivity contribution in [3.05, 3.63) is 83.1 Å². The van der Waals surface area contributed by atoms with Crippen LogP contribution in [0.15, 0.2) is 72.0 Å². The molecule has 0 radical (unpaired) electrons. The number of rotatable bonds is 12. The first-order chi connectivity index (χ1) is 15.4. The van der Waals surface area contributed by atoms with E-state index in [0.29, 0.717) is 30.6 Å². The minimum absolute atomic E-state index is 0.00414. The summed E-state index contributed by atoms with van der Waals surface area (Å²) in [6.07, 6.45) is 5.43. The van der Waals surface area contributed by atoms with Crippen molar-refractivity contribution in [3.8, 4) is 0 Å². The number of Topliss-reactive ketones (excluding diaryl/α,β-unsaturated/α-hetero) is 1. The van der Waals surface area contributed by atoms with Crippen molar-refractivity contribution in [3.63, 3.8) is 0 Å². The third-order valence-electron chi connectivity index (χ3n) is 5.46. The molecule has 0 aromatic heterocycles. The summed E-state index contributed by atoms with van der Waals surface area (Å²) in [5, 5.41) is 0. The first-order valence-corrected chi connectivity index (χ1v) is 11.7. The molecule has 0 aliphatic carbocycles. The fourth-order valence-corrected chi connectivity index (χ4v) is 3.61. The number of carbonyl (C=O) groups is 2. The van der Waals surface area contributed by atoms with Gasteiger partial charge in [-0.05, 0) is 45.6 Å². The molecule has 0 unspecified atom stereocenters. The Bertz CT molecular complexity index is 933. The van der Waals surface area contributed by atoms with Gasteiger partial charge in [0.15, 0.2) is 5.78 Å². The molecule has 32 heavy (non-hydrogen) atoms. The summed E-state index contributed by atoms with van der Waals surface area (Å²) in [6.45, 7) is 8.11. The van der Waals surface area contributed by atoms with Crippen LogP contribution in [0.25, 0.3) is 5.57 Å². The maximum atomic E-state index is 13.4. The van der Waals surface area contributed by atoms with Gasteiger partial charge in [-0.2, -0.15) is 0 Å². The average molecular weight is 433 g/mol. The molecule has 170 valence electrons. The average Bonchev–Trinajstić information content (AvgIpc) is 2.81. The zero-order valence-corrected chi connectivity index (χ0v) is 19.9. The van der Waals surface area contributed by atoms with E-state index in [1.54, 1.807) is 0 Å². The molecule has 0 bridgehead atoms. The van der Waals surface area contributed by atoms with E-state index in [4.69, 9.17) is 4.74 Å². The summed E-state index contributed by atoms with van der Waals surface area (Å²) in [5.41, 5.74) is 5.92. The zero-order chi connectivity index (χ0) is 23.4. The Labute approximate surface area is 193 Å².